The van der Waals surface area contributed by atoms with Crippen molar-refractivity contribution in [3.8, 4) is 0 Å². The van der Waals surface area contributed by atoms with Crippen molar-refractivity contribution < 1.29 is 14.5 Å². The Morgan fingerprint density at radius 3 is 2.62 bits per heavy atom. The molecule has 1 aromatic carbocycles. The first-order valence-electron chi connectivity index (χ1n) is 9.41. The Morgan fingerprint density at radius 2 is 1.96 bits per heavy atom. The highest BCUT2D eigenvalue weighted by atomic mass is 16.6. The predicted molar refractivity (Wildman–Crippen MR) is 98.1 cm³/mol. The van der Waals surface area contributed by atoms with Crippen LogP contribution in [0.3, 0.4) is 0 Å². The number of nitro benzene ring substituents is 1. The van der Waals surface area contributed by atoms with Gasteiger partial charge in [-0.3, -0.25) is 19.8 Å². The van der Waals surface area contributed by atoms with Gasteiger partial charge in [0, 0.05) is 31.9 Å². The third-order valence-electron chi connectivity index (χ3n) is 5.34. The molecule has 26 heavy (non-hydrogen) atoms. The number of carbonyl (C=O) groups is 1. The highest BCUT2D eigenvalue weighted by molar-refractivity contribution is 5.98. The van der Waals surface area contributed by atoms with Crippen LogP contribution in [0.4, 0.5) is 5.69 Å². The van der Waals surface area contributed by atoms with Crippen molar-refractivity contribution in [1.29, 1.82) is 0 Å². The predicted octanol–water partition coefficient (Wildman–Crippen LogP) is 2.74. The van der Waals surface area contributed by atoms with E-state index in [9.17, 15) is 14.9 Å². The van der Waals surface area contributed by atoms with Gasteiger partial charge in [0.25, 0.3) is 11.6 Å². The molecule has 1 aromatic rings. The van der Waals surface area contributed by atoms with Crippen molar-refractivity contribution in [2.45, 2.75) is 45.2 Å². The number of carbonyl (C=O) groups excluding carboxylic acids is 1. The summed E-state index contributed by atoms with van der Waals surface area (Å²) in [4.78, 5) is 25.9. The molecule has 7 heteroatoms. The van der Waals surface area contributed by atoms with Crippen LogP contribution in [-0.4, -0.2) is 48.1 Å². The van der Waals surface area contributed by atoms with E-state index in [0.717, 1.165) is 44.0 Å². The van der Waals surface area contributed by atoms with E-state index in [-0.39, 0.29) is 23.2 Å². The van der Waals surface area contributed by atoms with Gasteiger partial charge in [0.15, 0.2) is 0 Å². The molecule has 0 aromatic heterocycles. The minimum absolute atomic E-state index is 0.0168. The number of nitrogens with zero attached hydrogens (tertiary/aromatic N) is 2. The summed E-state index contributed by atoms with van der Waals surface area (Å²) in [6.45, 7) is 6.27. The summed E-state index contributed by atoms with van der Waals surface area (Å²) in [6.07, 6.45) is 3.82. The zero-order valence-electron chi connectivity index (χ0n) is 15.3. The van der Waals surface area contributed by atoms with Crippen LogP contribution in [0.25, 0.3) is 0 Å². The summed E-state index contributed by atoms with van der Waals surface area (Å²) >= 11 is 0. The standard InChI is InChI=1S/C19H27N3O4/c1-14-4-8-21(9-5-14)13-15-2-3-18(22(24)25)17(12-15)19(23)20-16-6-10-26-11-7-16/h2-3,12,14,16H,4-11,13H2,1H3,(H,20,23). The maximum Gasteiger partial charge on any atom is 0.282 e. The molecule has 1 N–H and O–H groups in total. The molecular formula is C19H27N3O4. The molecule has 0 bridgehead atoms. The Labute approximate surface area is 153 Å². The molecule has 2 saturated heterocycles. The van der Waals surface area contributed by atoms with Gasteiger partial charge in [-0.15, -0.1) is 0 Å². The van der Waals surface area contributed by atoms with Crippen LogP contribution in [0.5, 0.6) is 0 Å². The number of hydrogen-bond donors (Lipinski definition) is 1. The van der Waals surface area contributed by atoms with Crippen LogP contribution >= 0.6 is 0 Å². The third kappa shape index (κ3) is 4.80. The van der Waals surface area contributed by atoms with Crippen molar-refractivity contribution in [2.24, 2.45) is 5.92 Å². The summed E-state index contributed by atoms with van der Waals surface area (Å²) in [7, 11) is 0. The Bertz CT molecular complexity index is 650. The number of rotatable bonds is 5. The molecule has 2 fully saturated rings. The van der Waals surface area contributed by atoms with E-state index in [4.69, 9.17) is 4.74 Å². The van der Waals surface area contributed by atoms with Crippen LogP contribution in [0, 0.1) is 16.0 Å². The van der Waals surface area contributed by atoms with Gasteiger partial charge in [0.2, 0.25) is 0 Å². The average molecular weight is 361 g/mol. The number of benzene rings is 1. The minimum atomic E-state index is -0.481. The van der Waals surface area contributed by atoms with Crippen molar-refractivity contribution in [1.82, 2.24) is 10.2 Å². The van der Waals surface area contributed by atoms with Gasteiger partial charge < -0.3 is 10.1 Å². The molecular weight excluding hydrogens is 334 g/mol. The quantitative estimate of drug-likeness (QED) is 0.644. The van der Waals surface area contributed by atoms with Crippen molar-refractivity contribution in [3.05, 3.63) is 39.4 Å². The SMILES string of the molecule is CC1CCN(Cc2ccc([N+](=O)[O-])c(C(=O)NC3CCOCC3)c2)CC1. The second-order valence-corrected chi connectivity index (χ2v) is 7.43. The molecule has 0 unspecified atom stereocenters. The fourth-order valence-corrected chi connectivity index (χ4v) is 3.61. The first kappa shape index (κ1) is 18.8. The summed E-state index contributed by atoms with van der Waals surface area (Å²) in [5.41, 5.74) is 0.970. The minimum Gasteiger partial charge on any atom is -0.381 e. The number of likely N-dealkylation sites (tertiary alicyclic amines) is 1. The Hall–Kier alpha value is -1.99. The van der Waals surface area contributed by atoms with Crippen LogP contribution in [-0.2, 0) is 11.3 Å². The summed E-state index contributed by atoms with van der Waals surface area (Å²) in [5, 5.41) is 14.3. The summed E-state index contributed by atoms with van der Waals surface area (Å²) in [5.74, 6) is 0.390. The van der Waals surface area contributed by atoms with E-state index in [1.165, 1.54) is 18.9 Å². The van der Waals surface area contributed by atoms with Crippen LogP contribution in [0.2, 0.25) is 0 Å². The van der Waals surface area contributed by atoms with Crippen molar-refractivity contribution in [2.75, 3.05) is 26.3 Å². The van der Waals surface area contributed by atoms with Gasteiger partial charge in [-0.05, 0) is 56.3 Å². The van der Waals surface area contributed by atoms with Gasteiger partial charge in [-0.1, -0.05) is 13.0 Å². The topological polar surface area (TPSA) is 84.7 Å². The number of amides is 1. The molecule has 7 nitrogen and oxygen atoms in total. The largest absolute Gasteiger partial charge is 0.381 e. The highest BCUT2D eigenvalue weighted by Gasteiger charge is 2.24. The molecule has 1 amide bonds. The molecule has 0 radical (unpaired) electrons. The van der Waals surface area contributed by atoms with E-state index in [2.05, 4.69) is 17.1 Å². The molecule has 2 aliphatic heterocycles. The van der Waals surface area contributed by atoms with Gasteiger partial charge >= 0.3 is 0 Å². The molecule has 2 aliphatic rings. The van der Waals surface area contributed by atoms with E-state index in [0.29, 0.717) is 13.2 Å². The van der Waals surface area contributed by atoms with E-state index in [1.807, 2.05) is 0 Å². The highest BCUT2D eigenvalue weighted by Crippen LogP contribution is 2.23. The molecule has 0 spiro atoms. The number of hydrogen-bond acceptors (Lipinski definition) is 5. The van der Waals surface area contributed by atoms with Gasteiger partial charge in [0.05, 0.1) is 4.92 Å². The van der Waals surface area contributed by atoms with E-state index in [1.54, 1.807) is 12.1 Å². The second kappa shape index (κ2) is 8.60. The monoisotopic (exact) mass is 361 g/mol. The number of ether oxygens (including phenoxy) is 1. The first-order valence-corrected chi connectivity index (χ1v) is 9.41. The lowest BCUT2D eigenvalue weighted by atomic mass is 9.98. The van der Waals surface area contributed by atoms with Crippen molar-refractivity contribution >= 4 is 11.6 Å². The van der Waals surface area contributed by atoms with Crippen LogP contribution in [0.15, 0.2) is 18.2 Å². The lowest BCUT2D eigenvalue weighted by Gasteiger charge is -2.30. The molecule has 142 valence electrons. The van der Waals surface area contributed by atoms with E-state index >= 15 is 0 Å². The molecule has 2 heterocycles. The Balaban J connectivity index is 1.73. The smallest absolute Gasteiger partial charge is 0.282 e. The fraction of sp³-hybridized carbons (Fsp3) is 0.632. The molecule has 0 atom stereocenters. The average Bonchev–Trinajstić information content (AvgIpc) is 2.64. The van der Waals surface area contributed by atoms with Crippen LogP contribution < -0.4 is 5.32 Å². The Morgan fingerprint density at radius 1 is 1.27 bits per heavy atom. The lowest BCUT2D eigenvalue weighted by molar-refractivity contribution is -0.385. The number of nitro groups is 1. The van der Waals surface area contributed by atoms with Gasteiger partial charge in [-0.25, -0.2) is 0 Å². The first-order chi connectivity index (χ1) is 12.5. The normalized spacial score (nSPS) is 20.0. The summed E-state index contributed by atoms with van der Waals surface area (Å²) < 4.78 is 5.30. The van der Waals surface area contributed by atoms with Crippen molar-refractivity contribution in [3.63, 3.8) is 0 Å². The van der Waals surface area contributed by atoms with E-state index < -0.39 is 4.92 Å². The zero-order valence-corrected chi connectivity index (χ0v) is 15.3. The zero-order chi connectivity index (χ0) is 18.5. The second-order valence-electron chi connectivity index (χ2n) is 7.43. The number of nitrogens with one attached hydrogen (secondary N) is 1. The maximum atomic E-state index is 12.7. The molecule has 0 aliphatic carbocycles. The van der Waals surface area contributed by atoms with Crippen LogP contribution in [0.1, 0.15) is 48.5 Å². The lowest BCUT2D eigenvalue weighted by Crippen LogP contribution is -2.39. The summed E-state index contributed by atoms with van der Waals surface area (Å²) in [6, 6.07) is 4.93. The molecule has 3 rings (SSSR count). The molecule has 0 saturated carbocycles. The Kier molecular flexibility index (Phi) is 6.21. The fourth-order valence-electron chi connectivity index (χ4n) is 3.61. The third-order valence-corrected chi connectivity index (χ3v) is 5.34. The number of piperidine rings is 1. The van der Waals surface area contributed by atoms with Gasteiger partial charge in [0.1, 0.15) is 5.56 Å². The van der Waals surface area contributed by atoms with Gasteiger partial charge in [-0.2, -0.15) is 0 Å². The maximum absolute atomic E-state index is 12.7.